The molecule has 0 atom stereocenters. The van der Waals surface area contributed by atoms with Gasteiger partial charge in [-0.05, 0) is 64.1 Å². The summed E-state index contributed by atoms with van der Waals surface area (Å²) in [5, 5.41) is 20.6. The van der Waals surface area contributed by atoms with Crippen LogP contribution in [0.15, 0.2) is 29.3 Å². The number of nitrogens with two attached hydrogens (primary N) is 1. The summed E-state index contributed by atoms with van der Waals surface area (Å²) in [5.74, 6) is 0.702. The topological polar surface area (TPSA) is 104 Å². The van der Waals surface area contributed by atoms with Crippen molar-refractivity contribution in [1.29, 1.82) is 5.26 Å². The van der Waals surface area contributed by atoms with E-state index in [1.54, 1.807) is 23.9 Å². The first-order valence-corrected chi connectivity index (χ1v) is 11.1. The van der Waals surface area contributed by atoms with Crippen molar-refractivity contribution in [3.63, 3.8) is 0 Å². The Morgan fingerprint density at radius 1 is 1.32 bits per heavy atom. The number of aromatic nitrogens is 2. The molecule has 0 unspecified atom stereocenters. The van der Waals surface area contributed by atoms with E-state index in [0.29, 0.717) is 36.5 Å². The third kappa shape index (κ3) is 7.88. The second-order valence-corrected chi connectivity index (χ2v) is 8.91. The molecule has 170 valence electrons. The van der Waals surface area contributed by atoms with Gasteiger partial charge in [-0.3, -0.25) is 4.99 Å². The fourth-order valence-corrected chi connectivity index (χ4v) is 2.89. The Hall–Kier alpha value is -2.00. The molecule has 7 nitrogen and oxygen atoms in total. The Balaban J connectivity index is 0.00000480. The quantitative estimate of drug-likeness (QED) is 0.187. The number of thioether (sulfide) groups is 1. The molecular weight excluding hydrogens is 528 g/mol. The van der Waals surface area contributed by atoms with Crippen molar-refractivity contribution in [2.45, 2.75) is 38.4 Å². The van der Waals surface area contributed by atoms with Crippen molar-refractivity contribution >= 4 is 47.5 Å². The van der Waals surface area contributed by atoms with Crippen LogP contribution in [-0.4, -0.2) is 46.4 Å². The first-order valence-electron chi connectivity index (χ1n) is 9.92. The van der Waals surface area contributed by atoms with Gasteiger partial charge in [0.2, 0.25) is 0 Å². The minimum absolute atomic E-state index is 0. The van der Waals surface area contributed by atoms with Crippen molar-refractivity contribution in [2.24, 2.45) is 4.99 Å². The van der Waals surface area contributed by atoms with Crippen LogP contribution in [0.2, 0.25) is 0 Å². The van der Waals surface area contributed by atoms with Crippen molar-refractivity contribution in [3.05, 3.63) is 41.3 Å². The highest BCUT2D eigenvalue weighted by molar-refractivity contribution is 14.0. The van der Waals surface area contributed by atoms with Crippen LogP contribution in [0, 0.1) is 17.1 Å². The number of nitrogens with zero attached hydrogens (tertiary/aromatic N) is 4. The lowest BCUT2D eigenvalue weighted by Crippen LogP contribution is -2.39. The highest BCUT2D eigenvalue weighted by Crippen LogP contribution is 2.22. The van der Waals surface area contributed by atoms with Crippen LogP contribution in [0.5, 0.6) is 0 Å². The first-order chi connectivity index (χ1) is 14.3. The number of benzene rings is 1. The summed E-state index contributed by atoms with van der Waals surface area (Å²) < 4.78 is 14.7. The van der Waals surface area contributed by atoms with Crippen molar-refractivity contribution in [3.8, 4) is 11.8 Å². The molecule has 0 aliphatic heterocycles. The number of rotatable bonds is 9. The number of aryl methyl sites for hydroxylation is 1. The van der Waals surface area contributed by atoms with Crippen LogP contribution in [0.25, 0.3) is 5.69 Å². The van der Waals surface area contributed by atoms with Crippen molar-refractivity contribution in [1.82, 2.24) is 20.4 Å². The van der Waals surface area contributed by atoms with Crippen LogP contribution in [0.3, 0.4) is 0 Å². The zero-order chi connectivity index (χ0) is 22.1. The molecule has 0 saturated heterocycles. The Labute approximate surface area is 205 Å². The molecule has 0 saturated carbocycles. The van der Waals surface area contributed by atoms with Gasteiger partial charge >= 0.3 is 0 Å². The molecule has 0 fully saturated rings. The van der Waals surface area contributed by atoms with Gasteiger partial charge in [-0.1, -0.05) is 0 Å². The van der Waals surface area contributed by atoms with Gasteiger partial charge in [0.1, 0.15) is 23.3 Å². The van der Waals surface area contributed by atoms with Gasteiger partial charge in [-0.15, -0.1) is 24.0 Å². The number of hydrogen-bond acceptors (Lipinski definition) is 5. The number of nitriles is 1. The summed E-state index contributed by atoms with van der Waals surface area (Å²) in [7, 11) is 0. The van der Waals surface area contributed by atoms with Gasteiger partial charge in [-0.25, -0.2) is 9.07 Å². The lowest BCUT2D eigenvalue weighted by Gasteiger charge is -2.20. The van der Waals surface area contributed by atoms with Gasteiger partial charge in [0.15, 0.2) is 5.96 Å². The lowest BCUT2D eigenvalue weighted by molar-refractivity contribution is 0.627. The summed E-state index contributed by atoms with van der Waals surface area (Å²) in [6.07, 6.45) is 3.42. The molecule has 2 rings (SSSR count). The van der Waals surface area contributed by atoms with E-state index in [4.69, 9.17) is 5.73 Å². The third-order valence-electron chi connectivity index (χ3n) is 4.57. The maximum absolute atomic E-state index is 13.2. The SMILES string of the molecule is CCNC(=NCC(C)(C)SC)NCCCc1nn(-c2ccc(F)cc2)c(N)c1C#N.I. The number of aliphatic imine (C=N–C) groups is 1. The number of nitrogen functional groups attached to an aromatic ring is 1. The Kier molecular flexibility index (Phi) is 11.1. The molecule has 0 aliphatic carbocycles. The average molecular weight is 559 g/mol. The molecule has 0 bridgehead atoms. The molecule has 0 amide bonds. The minimum atomic E-state index is -0.338. The monoisotopic (exact) mass is 559 g/mol. The second kappa shape index (κ2) is 12.8. The van der Waals surface area contributed by atoms with Crippen LogP contribution in [-0.2, 0) is 6.42 Å². The summed E-state index contributed by atoms with van der Waals surface area (Å²) in [6, 6.07) is 7.98. The molecule has 4 N–H and O–H groups in total. The van der Waals surface area contributed by atoms with E-state index >= 15 is 0 Å². The molecule has 0 aliphatic rings. The molecule has 0 spiro atoms. The van der Waals surface area contributed by atoms with Gasteiger partial charge < -0.3 is 16.4 Å². The highest BCUT2D eigenvalue weighted by atomic mass is 127. The third-order valence-corrected chi connectivity index (χ3v) is 5.81. The average Bonchev–Trinajstić information content (AvgIpc) is 3.05. The molecule has 1 aromatic carbocycles. The van der Waals surface area contributed by atoms with E-state index < -0.39 is 0 Å². The molecule has 1 aromatic heterocycles. The molecule has 1 heterocycles. The van der Waals surface area contributed by atoms with E-state index in [1.165, 1.54) is 16.8 Å². The van der Waals surface area contributed by atoms with Crippen molar-refractivity contribution in [2.75, 3.05) is 31.6 Å². The second-order valence-electron chi connectivity index (χ2n) is 7.40. The predicted octanol–water partition coefficient (Wildman–Crippen LogP) is 3.71. The zero-order valence-corrected chi connectivity index (χ0v) is 21.6. The van der Waals surface area contributed by atoms with E-state index in [0.717, 1.165) is 18.9 Å². The largest absolute Gasteiger partial charge is 0.382 e. The molecule has 31 heavy (non-hydrogen) atoms. The maximum atomic E-state index is 13.2. The number of guanidine groups is 1. The van der Waals surface area contributed by atoms with Crippen LogP contribution < -0.4 is 16.4 Å². The lowest BCUT2D eigenvalue weighted by atomic mass is 10.1. The van der Waals surface area contributed by atoms with Gasteiger partial charge in [0.25, 0.3) is 0 Å². The Bertz CT molecular complexity index is 904. The normalized spacial score (nSPS) is 11.5. The fourth-order valence-electron chi connectivity index (χ4n) is 2.69. The molecular formula is C21H31FIN7S. The van der Waals surface area contributed by atoms with E-state index in [-0.39, 0.29) is 40.4 Å². The van der Waals surface area contributed by atoms with E-state index in [2.05, 4.69) is 46.9 Å². The van der Waals surface area contributed by atoms with Crippen LogP contribution >= 0.6 is 35.7 Å². The zero-order valence-electron chi connectivity index (χ0n) is 18.4. The van der Waals surface area contributed by atoms with E-state index in [9.17, 15) is 9.65 Å². The predicted molar refractivity (Wildman–Crippen MR) is 138 cm³/mol. The Morgan fingerprint density at radius 2 is 2.00 bits per heavy atom. The van der Waals surface area contributed by atoms with Gasteiger partial charge in [-0.2, -0.15) is 22.1 Å². The minimum Gasteiger partial charge on any atom is -0.382 e. The number of anilines is 1. The van der Waals surface area contributed by atoms with Crippen molar-refractivity contribution < 1.29 is 4.39 Å². The van der Waals surface area contributed by atoms with E-state index in [1.807, 2.05) is 6.92 Å². The molecule has 0 radical (unpaired) electrons. The summed E-state index contributed by atoms with van der Waals surface area (Å²) in [6.45, 7) is 8.52. The molecule has 10 heteroatoms. The first kappa shape index (κ1) is 27.0. The number of nitrogens with one attached hydrogen (secondary N) is 2. The van der Waals surface area contributed by atoms with Gasteiger partial charge in [0, 0.05) is 17.8 Å². The smallest absolute Gasteiger partial charge is 0.191 e. The number of hydrogen-bond donors (Lipinski definition) is 3. The summed E-state index contributed by atoms with van der Waals surface area (Å²) in [5.41, 5.74) is 7.72. The van der Waals surface area contributed by atoms with Crippen LogP contribution in [0.4, 0.5) is 10.2 Å². The Morgan fingerprint density at radius 3 is 2.58 bits per heavy atom. The highest BCUT2D eigenvalue weighted by Gasteiger charge is 2.17. The fraction of sp³-hybridized carbons (Fsp3) is 0.476. The van der Waals surface area contributed by atoms with Crippen LogP contribution in [0.1, 0.15) is 38.4 Å². The van der Waals surface area contributed by atoms with Gasteiger partial charge in [0.05, 0.1) is 17.9 Å². The number of halogens is 2. The maximum Gasteiger partial charge on any atom is 0.191 e. The summed E-state index contributed by atoms with van der Waals surface area (Å²) >= 11 is 1.78. The summed E-state index contributed by atoms with van der Waals surface area (Å²) in [4.78, 5) is 4.65. The standard InChI is InChI=1S/C21H30FN7S.HI/c1-5-25-20(27-14-21(2,3)30-4)26-12-6-7-18-17(13-23)19(24)29(28-18)16-10-8-15(22)9-11-16;/h8-11H,5-7,12,14,24H2,1-4H3,(H2,25,26,27);1H. The molecule has 2 aromatic rings.